The van der Waals surface area contributed by atoms with Gasteiger partial charge in [0.15, 0.2) is 0 Å². The lowest BCUT2D eigenvalue weighted by Crippen LogP contribution is -2.53. The van der Waals surface area contributed by atoms with E-state index in [1.807, 2.05) is 6.92 Å². The minimum absolute atomic E-state index is 0.0800. The normalized spacial score (nSPS) is 21.9. The van der Waals surface area contributed by atoms with Crippen molar-refractivity contribution in [1.29, 1.82) is 0 Å². The molecule has 2 N–H and O–H groups in total. The highest BCUT2D eigenvalue weighted by Gasteiger charge is 2.42. The van der Waals surface area contributed by atoms with Crippen molar-refractivity contribution in [3.8, 4) is 0 Å². The summed E-state index contributed by atoms with van der Waals surface area (Å²) in [6.07, 6.45) is 2.43. The molecule has 1 aliphatic heterocycles. The number of carbonyl (C=O) groups excluding carboxylic acids is 1. The van der Waals surface area contributed by atoms with Crippen molar-refractivity contribution >= 4 is 28.4 Å². The second-order valence-corrected chi connectivity index (χ2v) is 5.84. The Balaban J connectivity index is 2.34. The van der Waals surface area contributed by atoms with Gasteiger partial charge in [-0.05, 0) is 44.3 Å². The molecule has 20 heavy (non-hydrogen) atoms. The molecule has 1 aliphatic rings. The molecule has 0 aliphatic carbocycles. The van der Waals surface area contributed by atoms with Crippen LogP contribution in [0.5, 0.6) is 0 Å². The summed E-state index contributed by atoms with van der Waals surface area (Å²) in [7, 11) is 1.62. The molecule has 6 nitrogen and oxygen atoms in total. The van der Waals surface area contributed by atoms with E-state index in [0.717, 1.165) is 30.9 Å². The second kappa shape index (κ2) is 5.49. The van der Waals surface area contributed by atoms with Gasteiger partial charge in [-0.15, -0.1) is 0 Å². The minimum atomic E-state index is -1.05. The van der Waals surface area contributed by atoms with E-state index in [4.69, 9.17) is 0 Å². The predicted octanol–water partition coefficient (Wildman–Crippen LogP) is 1.64. The lowest BCUT2D eigenvalue weighted by atomic mass is 9.92. The molecule has 0 aromatic carbocycles. The third-order valence-electron chi connectivity index (χ3n) is 3.92. The average Bonchev–Trinajstić information content (AvgIpc) is 3.04. The van der Waals surface area contributed by atoms with Crippen LogP contribution in [0.1, 0.15) is 42.2 Å². The number of anilines is 1. The monoisotopic (exact) mass is 297 g/mol. The number of carbonyl (C=O) groups is 2. The van der Waals surface area contributed by atoms with Crippen molar-refractivity contribution in [2.75, 3.05) is 18.5 Å². The molecule has 0 radical (unpaired) electrons. The molecule has 1 amide bonds. The van der Waals surface area contributed by atoms with Crippen LogP contribution < -0.4 is 10.2 Å². The quantitative estimate of drug-likeness (QED) is 0.883. The van der Waals surface area contributed by atoms with Crippen LogP contribution in [0.15, 0.2) is 0 Å². The number of aryl methyl sites for hydroxylation is 1. The molecule has 1 aromatic rings. The molecule has 1 fully saturated rings. The Morgan fingerprint density at radius 1 is 1.55 bits per heavy atom. The maximum Gasteiger partial charge on any atom is 0.340 e. The van der Waals surface area contributed by atoms with E-state index in [1.165, 1.54) is 4.90 Å². The Hall–Kier alpha value is -1.47. The van der Waals surface area contributed by atoms with Crippen LogP contribution >= 0.6 is 11.5 Å². The van der Waals surface area contributed by atoms with Crippen LogP contribution in [0.4, 0.5) is 5.00 Å². The minimum Gasteiger partial charge on any atom is -0.478 e. The van der Waals surface area contributed by atoms with Gasteiger partial charge in [-0.1, -0.05) is 6.92 Å². The van der Waals surface area contributed by atoms with Crippen molar-refractivity contribution in [3.63, 3.8) is 0 Å². The molecule has 1 atom stereocenters. The summed E-state index contributed by atoms with van der Waals surface area (Å²) in [5.41, 5.74) is -0.000213. The number of rotatable bonds is 4. The van der Waals surface area contributed by atoms with E-state index in [2.05, 4.69) is 9.69 Å². The Bertz CT molecular complexity index is 535. The van der Waals surface area contributed by atoms with Gasteiger partial charge in [0.2, 0.25) is 5.91 Å². The summed E-state index contributed by atoms with van der Waals surface area (Å²) >= 11 is 1.06. The standard InChI is InChI=1S/C13H19N3O3S/c1-4-13(6-5-7-14-13)12(19)16(3)10-9(11(17)18)8(2)15-20-10/h14H,4-7H2,1-3H3,(H,17,18). The SMILES string of the molecule is CCC1(C(=O)N(C)c2snc(C)c2C(=O)O)CCCN1. The Labute approximate surface area is 122 Å². The number of aromatic carboxylic acids is 1. The largest absolute Gasteiger partial charge is 0.478 e. The third kappa shape index (κ3) is 2.31. The van der Waals surface area contributed by atoms with Crippen molar-refractivity contribution < 1.29 is 14.7 Å². The number of hydrogen-bond donors (Lipinski definition) is 2. The van der Waals surface area contributed by atoms with Gasteiger partial charge in [0.25, 0.3) is 0 Å². The summed E-state index contributed by atoms with van der Waals surface area (Å²) in [4.78, 5) is 25.5. The van der Waals surface area contributed by atoms with Crippen LogP contribution in [0.2, 0.25) is 0 Å². The molecular weight excluding hydrogens is 278 g/mol. The van der Waals surface area contributed by atoms with E-state index >= 15 is 0 Å². The summed E-state index contributed by atoms with van der Waals surface area (Å²) in [5, 5.41) is 12.9. The lowest BCUT2D eigenvalue weighted by molar-refractivity contribution is -0.124. The number of aromatic nitrogens is 1. The number of nitrogens with zero attached hydrogens (tertiary/aromatic N) is 2. The fraction of sp³-hybridized carbons (Fsp3) is 0.615. The van der Waals surface area contributed by atoms with Gasteiger partial charge in [-0.3, -0.25) is 4.79 Å². The highest BCUT2D eigenvalue weighted by molar-refractivity contribution is 7.11. The summed E-state index contributed by atoms with van der Waals surface area (Å²) in [5.74, 6) is -1.13. The third-order valence-corrected chi connectivity index (χ3v) is 4.94. The van der Waals surface area contributed by atoms with Crippen LogP contribution in [0.25, 0.3) is 0 Å². The van der Waals surface area contributed by atoms with Gasteiger partial charge in [0, 0.05) is 7.05 Å². The molecule has 0 spiro atoms. The van der Waals surface area contributed by atoms with E-state index in [9.17, 15) is 14.7 Å². The highest BCUT2D eigenvalue weighted by atomic mass is 32.1. The molecule has 1 saturated heterocycles. The zero-order valence-electron chi connectivity index (χ0n) is 11.9. The maximum absolute atomic E-state index is 12.7. The molecule has 2 rings (SSSR count). The number of amides is 1. The number of likely N-dealkylation sites (N-methyl/N-ethyl adjacent to an activating group) is 1. The van der Waals surface area contributed by atoms with Crippen molar-refractivity contribution in [1.82, 2.24) is 9.69 Å². The number of carboxylic acids is 1. The second-order valence-electron chi connectivity index (χ2n) is 5.08. The van der Waals surface area contributed by atoms with Crippen LogP contribution in [0.3, 0.4) is 0 Å². The maximum atomic E-state index is 12.7. The van der Waals surface area contributed by atoms with Crippen LogP contribution in [0, 0.1) is 6.92 Å². The van der Waals surface area contributed by atoms with Crippen molar-refractivity contribution in [2.24, 2.45) is 0 Å². The fourth-order valence-electron chi connectivity index (χ4n) is 2.69. The summed E-state index contributed by atoms with van der Waals surface area (Å²) in [6, 6.07) is 0. The molecule has 110 valence electrons. The van der Waals surface area contributed by atoms with E-state index in [1.54, 1.807) is 14.0 Å². The predicted molar refractivity (Wildman–Crippen MR) is 77.5 cm³/mol. The average molecular weight is 297 g/mol. The van der Waals surface area contributed by atoms with Crippen molar-refractivity contribution in [2.45, 2.75) is 38.6 Å². The molecule has 7 heteroatoms. The topological polar surface area (TPSA) is 82.5 Å². The first-order valence-corrected chi connectivity index (χ1v) is 7.43. The van der Waals surface area contributed by atoms with Gasteiger partial charge >= 0.3 is 5.97 Å². The number of nitrogens with one attached hydrogen (secondary N) is 1. The van der Waals surface area contributed by atoms with Gasteiger partial charge < -0.3 is 15.3 Å². The molecule has 1 unspecified atom stereocenters. The first-order chi connectivity index (χ1) is 9.43. The van der Waals surface area contributed by atoms with Gasteiger partial charge in [-0.2, -0.15) is 4.37 Å². The van der Waals surface area contributed by atoms with E-state index in [-0.39, 0.29) is 11.5 Å². The van der Waals surface area contributed by atoms with Gasteiger partial charge in [0.05, 0.1) is 11.2 Å². The molecule has 1 aromatic heterocycles. The zero-order chi connectivity index (χ0) is 14.9. The molecule has 2 heterocycles. The molecule has 0 saturated carbocycles. The lowest BCUT2D eigenvalue weighted by Gasteiger charge is -2.31. The molecular formula is C13H19N3O3S. The number of carboxylic acid groups (broad SMARTS) is 1. The first kappa shape index (κ1) is 14.9. The van der Waals surface area contributed by atoms with Crippen molar-refractivity contribution in [3.05, 3.63) is 11.3 Å². The smallest absolute Gasteiger partial charge is 0.340 e. The summed E-state index contributed by atoms with van der Waals surface area (Å²) in [6.45, 7) is 4.44. The Morgan fingerprint density at radius 2 is 2.25 bits per heavy atom. The van der Waals surface area contributed by atoms with Crippen LogP contribution in [-0.4, -0.2) is 40.5 Å². The van der Waals surface area contributed by atoms with E-state index < -0.39 is 11.5 Å². The van der Waals surface area contributed by atoms with Crippen LogP contribution in [-0.2, 0) is 4.79 Å². The van der Waals surface area contributed by atoms with Gasteiger partial charge in [0.1, 0.15) is 10.6 Å². The van der Waals surface area contributed by atoms with E-state index in [0.29, 0.717) is 17.1 Å². The summed E-state index contributed by atoms with van der Waals surface area (Å²) < 4.78 is 4.06. The zero-order valence-corrected chi connectivity index (χ0v) is 12.7. The number of hydrogen-bond acceptors (Lipinski definition) is 5. The Morgan fingerprint density at radius 3 is 2.75 bits per heavy atom. The Kier molecular flexibility index (Phi) is 4.10. The highest BCUT2D eigenvalue weighted by Crippen LogP contribution is 2.32. The van der Waals surface area contributed by atoms with Gasteiger partial charge in [-0.25, -0.2) is 4.79 Å². The first-order valence-electron chi connectivity index (χ1n) is 6.65. The fourth-order valence-corrected chi connectivity index (χ4v) is 3.53. The molecule has 0 bridgehead atoms.